The average Bonchev–Trinajstić information content (AvgIpc) is 2.35. The molecule has 0 aromatic heterocycles. The normalized spacial score (nSPS) is 13.0. The van der Waals surface area contributed by atoms with Crippen LogP contribution in [0, 0.1) is 0 Å². The molecule has 0 bridgehead atoms. The van der Waals surface area contributed by atoms with E-state index in [4.69, 9.17) is 0 Å². The Morgan fingerprint density at radius 2 is 1.75 bits per heavy atom. The van der Waals surface area contributed by atoms with Crippen LogP contribution in [0.4, 0.5) is 0 Å². The lowest BCUT2D eigenvalue weighted by molar-refractivity contribution is 0.240. The van der Waals surface area contributed by atoms with Gasteiger partial charge in [0.2, 0.25) is 0 Å². The maximum atomic E-state index is 2.45. The van der Waals surface area contributed by atoms with Gasteiger partial charge in [0, 0.05) is 6.04 Å². The predicted octanol–water partition coefficient (Wildman–Crippen LogP) is 4.26. The van der Waals surface area contributed by atoms with E-state index in [1.165, 1.54) is 31.2 Å². The Morgan fingerprint density at radius 3 is 2.31 bits per heavy atom. The minimum atomic E-state index is 0.595. The second-order valence-corrected chi connectivity index (χ2v) is 4.50. The highest BCUT2D eigenvalue weighted by atomic mass is 15.1. The Labute approximate surface area is 100 Å². The first kappa shape index (κ1) is 13.2. The van der Waals surface area contributed by atoms with Crippen LogP contribution < -0.4 is 0 Å². The van der Waals surface area contributed by atoms with E-state index < -0.39 is 0 Å². The van der Waals surface area contributed by atoms with Crippen molar-refractivity contribution in [1.82, 2.24) is 4.90 Å². The largest absolute Gasteiger partial charge is 0.300 e. The molecule has 0 radical (unpaired) electrons. The summed E-state index contributed by atoms with van der Waals surface area (Å²) in [6.07, 6.45) is 5.26. The van der Waals surface area contributed by atoms with Gasteiger partial charge in [-0.05, 0) is 25.6 Å². The topological polar surface area (TPSA) is 3.24 Å². The molecular weight excluding hydrogens is 194 g/mol. The van der Waals surface area contributed by atoms with Gasteiger partial charge in [0.1, 0.15) is 0 Å². The first-order valence-electron chi connectivity index (χ1n) is 6.54. The summed E-state index contributed by atoms with van der Waals surface area (Å²) in [7, 11) is 2.23. The number of hydrogen-bond acceptors (Lipinski definition) is 1. The van der Waals surface area contributed by atoms with Crippen molar-refractivity contribution in [2.45, 2.75) is 45.6 Å². The molecule has 0 saturated carbocycles. The highest BCUT2D eigenvalue weighted by Crippen LogP contribution is 2.25. The van der Waals surface area contributed by atoms with Crippen molar-refractivity contribution in [1.29, 1.82) is 0 Å². The number of benzene rings is 1. The van der Waals surface area contributed by atoms with Gasteiger partial charge < -0.3 is 0 Å². The minimum Gasteiger partial charge on any atom is -0.300 e. The fourth-order valence-electron chi connectivity index (χ4n) is 2.12. The first-order chi connectivity index (χ1) is 7.79. The molecule has 1 nitrogen and oxygen atoms in total. The second-order valence-electron chi connectivity index (χ2n) is 4.50. The van der Waals surface area contributed by atoms with E-state index in [2.05, 4.69) is 56.1 Å². The van der Waals surface area contributed by atoms with Crippen molar-refractivity contribution >= 4 is 0 Å². The Balaban J connectivity index is 2.64. The van der Waals surface area contributed by atoms with Gasteiger partial charge in [-0.15, -0.1) is 0 Å². The van der Waals surface area contributed by atoms with Crippen LogP contribution in [-0.2, 0) is 0 Å². The molecule has 0 N–H and O–H groups in total. The van der Waals surface area contributed by atoms with E-state index in [0.29, 0.717) is 6.04 Å². The van der Waals surface area contributed by atoms with Gasteiger partial charge >= 0.3 is 0 Å². The lowest BCUT2D eigenvalue weighted by Crippen LogP contribution is -2.24. The van der Waals surface area contributed by atoms with Crippen LogP contribution in [0.1, 0.15) is 51.1 Å². The SMILES string of the molecule is CCCCCC(c1ccccc1)N(C)CC. The van der Waals surface area contributed by atoms with E-state index in [1.807, 2.05) is 0 Å². The summed E-state index contributed by atoms with van der Waals surface area (Å²) in [6.45, 7) is 5.61. The smallest absolute Gasteiger partial charge is 0.0344 e. The highest BCUT2D eigenvalue weighted by Gasteiger charge is 2.14. The van der Waals surface area contributed by atoms with E-state index in [9.17, 15) is 0 Å². The third kappa shape index (κ3) is 3.97. The zero-order chi connectivity index (χ0) is 11.8. The maximum Gasteiger partial charge on any atom is 0.0344 e. The molecule has 1 aromatic rings. The molecule has 0 amide bonds. The number of rotatable bonds is 7. The zero-order valence-electron chi connectivity index (χ0n) is 10.9. The fraction of sp³-hybridized carbons (Fsp3) is 0.600. The Bertz CT molecular complexity index is 268. The molecule has 16 heavy (non-hydrogen) atoms. The molecule has 1 aromatic carbocycles. The Hall–Kier alpha value is -0.820. The molecule has 1 rings (SSSR count). The third-order valence-electron chi connectivity index (χ3n) is 3.30. The summed E-state index contributed by atoms with van der Waals surface area (Å²) >= 11 is 0. The van der Waals surface area contributed by atoms with Crippen molar-refractivity contribution in [3.63, 3.8) is 0 Å². The standard InChI is InChI=1S/C15H25N/c1-4-6-8-13-15(16(3)5-2)14-11-9-7-10-12-14/h7,9-12,15H,4-6,8,13H2,1-3H3. The fourth-order valence-corrected chi connectivity index (χ4v) is 2.12. The molecule has 0 spiro atoms. The van der Waals surface area contributed by atoms with Crippen molar-refractivity contribution in [3.8, 4) is 0 Å². The summed E-state index contributed by atoms with van der Waals surface area (Å²) in [6, 6.07) is 11.5. The molecular formula is C15H25N. The van der Waals surface area contributed by atoms with Crippen LogP contribution in [0.2, 0.25) is 0 Å². The molecule has 0 aliphatic rings. The lowest BCUT2D eigenvalue weighted by atomic mass is 9.99. The monoisotopic (exact) mass is 219 g/mol. The Morgan fingerprint density at radius 1 is 1.06 bits per heavy atom. The van der Waals surface area contributed by atoms with Gasteiger partial charge in [0.25, 0.3) is 0 Å². The Kier molecular flexibility index (Phi) is 6.17. The molecule has 0 heterocycles. The van der Waals surface area contributed by atoms with E-state index >= 15 is 0 Å². The maximum absolute atomic E-state index is 2.45. The summed E-state index contributed by atoms with van der Waals surface area (Å²) in [5.41, 5.74) is 1.46. The van der Waals surface area contributed by atoms with Crippen LogP contribution in [0.5, 0.6) is 0 Å². The second kappa shape index (κ2) is 7.45. The molecule has 1 atom stereocenters. The van der Waals surface area contributed by atoms with Gasteiger partial charge in [0.05, 0.1) is 0 Å². The third-order valence-corrected chi connectivity index (χ3v) is 3.30. The van der Waals surface area contributed by atoms with Crippen LogP contribution in [0.3, 0.4) is 0 Å². The van der Waals surface area contributed by atoms with Gasteiger partial charge in [-0.25, -0.2) is 0 Å². The average molecular weight is 219 g/mol. The van der Waals surface area contributed by atoms with Crippen LogP contribution in [0.15, 0.2) is 30.3 Å². The first-order valence-corrected chi connectivity index (χ1v) is 6.54. The molecule has 1 heteroatoms. The van der Waals surface area contributed by atoms with Crippen LogP contribution >= 0.6 is 0 Å². The summed E-state index contributed by atoms with van der Waals surface area (Å²) in [4.78, 5) is 2.45. The molecule has 90 valence electrons. The van der Waals surface area contributed by atoms with Gasteiger partial charge in [-0.1, -0.05) is 63.4 Å². The van der Waals surface area contributed by atoms with E-state index in [0.717, 1.165) is 6.54 Å². The number of unbranched alkanes of at least 4 members (excludes halogenated alkanes) is 2. The van der Waals surface area contributed by atoms with Crippen molar-refractivity contribution in [2.75, 3.05) is 13.6 Å². The molecule has 0 aliphatic heterocycles. The van der Waals surface area contributed by atoms with Crippen molar-refractivity contribution < 1.29 is 0 Å². The number of nitrogens with zero attached hydrogens (tertiary/aromatic N) is 1. The molecule has 1 unspecified atom stereocenters. The summed E-state index contributed by atoms with van der Waals surface area (Å²) < 4.78 is 0. The van der Waals surface area contributed by atoms with Gasteiger partial charge in [-0.2, -0.15) is 0 Å². The van der Waals surface area contributed by atoms with Gasteiger partial charge in [0.15, 0.2) is 0 Å². The zero-order valence-corrected chi connectivity index (χ0v) is 10.9. The minimum absolute atomic E-state index is 0.595. The molecule has 0 aliphatic carbocycles. The van der Waals surface area contributed by atoms with Crippen molar-refractivity contribution in [2.24, 2.45) is 0 Å². The lowest BCUT2D eigenvalue weighted by Gasteiger charge is -2.27. The summed E-state index contributed by atoms with van der Waals surface area (Å²) in [5, 5.41) is 0. The summed E-state index contributed by atoms with van der Waals surface area (Å²) in [5.74, 6) is 0. The molecule has 0 saturated heterocycles. The van der Waals surface area contributed by atoms with Gasteiger partial charge in [-0.3, -0.25) is 4.90 Å². The molecule has 0 fully saturated rings. The van der Waals surface area contributed by atoms with E-state index in [1.54, 1.807) is 0 Å². The van der Waals surface area contributed by atoms with Crippen LogP contribution in [-0.4, -0.2) is 18.5 Å². The van der Waals surface area contributed by atoms with Crippen molar-refractivity contribution in [3.05, 3.63) is 35.9 Å². The quantitative estimate of drug-likeness (QED) is 0.619. The number of hydrogen-bond donors (Lipinski definition) is 0. The predicted molar refractivity (Wildman–Crippen MR) is 71.6 cm³/mol. The van der Waals surface area contributed by atoms with E-state index in [-0.39, 0.29) is 0 Å². The highest BCUT2D eigenvalue weighted by molar-refractivity contribution is 5.18. The van der Waals surface area contributed by atoms with Crippen LogP contribution in [0.25, 0.3) is 0 Å².